The normalized spacial score (nSPS) is 10.3. The zero-order chi connectivity index (χ0) is 16.1. The third kappa shape index (κ3) is 4.14. The Morgan fingerprint density at radius 3 is 2.77 bits per heavy atom. The Bertz CT molecular complexity index is 694. The molecule has 0 bridgehead atoms. The molecule has 0 saturated heterocycles. The van der Waals surface area contributed by atoms with E-state index in [1.165, 1.54) is 11.3 Å². The average Bonchev–Trinajstić information content (AvgIpc) is 2.85. The molecule has 0 aliphatic carbocycles. The number of nitrogens with zero attached hydrogens (tertiary/aromatic N) is 1. The molecule has 1 aromatic heterocycles. The first-order valence-corrected chi connectivity index (χ1v) is 7.86. The maximum absolute atomic E-state index is 12.2. The summed E-state index contributed by atoms with van der Waals surface area (Å²) in [6.07, 6.45) is 0.115. The Labute approximate surface area is 133 Å². The van der Waals surface area contributed by atoms with Gasteiger partial charge >= 0.3 is 5.97 Å². The van der Waals surface area contributed by atoms with E-state index in [1.54, 1.807) is 18.4 Å². The lowest BCUT2D eigenvalue weighted by Gasteiger charge is -2.06. The first-order chi connectivity index (χ1) is 10.5. The maximum Gasteiger partial charge on any atom is 0.311 e. The number of thiazole rings is 1. The van der Waals surface area contributed by atoms with E-state index in [2.05, 4.69) is 10.3 Å². The molecule has 6 heteroatoms. The molecule has 1 amide bonds. The Morgan fingerprint density at radius 2 is 2.09 bits per heavy atom. The molecule has 0 atom stereocenters. The number of hydrogen-bond acceptors (Lipinski definition) is 5. The van der Waals surface area contributed by atoms with Crippen molar-refractivity contribution in [3.8, 4) is 0 Å². The quantitative estimate of drug-likeness (QED) is 0.860. The molecule has 1 aromatic carbocycles. The Morgan fingerprint density at radius 1 is 1.32 bits per heavy atom. The van der Waals surface area contributed by atoms with Crippen molar-refractivity contribution in [3.63, 3.8) is 0 Å². The number of aryl methyl sites for hydroxylation is 2. The van der Waals surface area contributed by atoms with Crippen LogP contribution in [0.1, 0.15) is 34.1 Å². The smallest absolute Gasteiger partial charge is 0.311 e. The molecule has 1 N–H and O–H groups in total. The third-order valence-corrected chi connectivity index (χ3v) is 3.84. The number of esters is 1. The van der Waals surface area contributed by atoms with Gasteiger partial charge in [0.15, 0.2) is 5.13 Å². The predicted octanol–water partition coefficient (Wildman–Crippen LogP) is 3.12. The summed E-state index contributed by atoms with van der Waals surface area (Å²) in [4.78, 5) is 27.9. The second kappa shape index (κ2) is 7.17. The molecule has 0 unspecified atom stereocenters. The Hall–Kier alpha value is -2.21. The van der Waals surface area contributed by atoms with Gasteiger partial charge in [-0.05, 0) is 32.4 Å². The van der Waals surface area contributed by atoms with Crippen LogP contribution in [0, 0.1) is 13.8 Å². The minimum absolute atomic E-state index is 0.115. The second-order valence-electron chi connectivity index (χ2n) is 4.90. The van der Waals surface area contributed by atoms with Crippen LogP contribution in [0.3, 0.4) is 0 Å². The standard InChI is InChI=1S/C16H18N2O3S/c1-4-21-14(19)8-12-9-22-16(17-12)18-15(20)13-6-5-10(2)7-11(13)3/h5-7,9H,4,8H2,1-3H3,(H,17,18,20). The number of carbonyl (C=O) groups excluding carboxylic acids is 2. The minimum Gasteiger partial charge on any atom is -0.466 e. The fourth-order valence-corrected chi connectivity index (χ4v) is 2.74. The number of anilines is 1. The zero-order valence-corrected chi connectivity index (χ0v) is 13.6. The van der Waals surface area contributed by atoms with E-state index in [0.717, 1.165) is 11.1 Å². The van der Waals surface area contributed by atoms with Gasteiger partial charge in [0.2, 0.25) is 0 Å². The summed E-state index contributed by atoms with van der Waals surface area (Å²) in [6, 6.07) is 5.66. The lowest BCUT2D eigenvalue weighted by Crippen LogP contribution is -2.13. The zero-order valence-electron chi connectivity index (χ0n) is 12.8. The van der Waals surface area contributed by atoms with E-state index in [9.17, 15) is 9.59 Å². The Kier molecular flexibility index (Phi) is 5.27. The van der Waals surface area contributed by atoms with Crippen molar-refractivity contribution in [2.45, 2.75) is 27.2 Å². The van der Waals surface area contributed by atoms with Crippen LogP contribution >= 0.6 is 11.3 Å². The maximum atomic E-state index is 12.2. The largest absolute Gasteiger partial charge is 0.466 e. The van der Waals surface area contributed by atoms with Crippen molar-refractivity contribution in [2.24, 2.45) is 0 Å². The molecular weight excluding hydrogens is 300 g/mol. The average molecular weight is 318 g/mol. The van der Waals surface area contributed by atoms with Gasteiger partial charge in [0.05, 0.1) is 18.7 Å². The summed E-state index contributed by atoms with van der Waals surface area (Å²) in [5.41, 5.74) is 3.24. The van der Waals surface area contributed by atoms with Gasteiger partial charge in [-0.3, -0.25) is 14.9 Å². The summed E-state index contributed by atoms with van der Waals surface area (Å²) in [5, 5.41) is 4.98. The highest BCUT2D eigenvalue weighted by molar-refractivity contribution is 7.14. The first-order valence-electron chi connectivity index (χ1n) is 6.98. The van der Waals surface area contributed by atoms with Gasteiger partial charge in [0, 0.05) is 10.9 Å². The molecule has 0 spiro atoms. The molecule has 0 aliphatic rings. The van der Waals surface area contributed by atoms with E-state index >= 15 is 0 Å². The molecule has 1 heterocycles. The molecule has 0 fully saturated rings. The van der Waals surface area contributed by atoms with Crippen LogP contribution in [0.25, 0.3) is 0 Å². The monoisotopic (exact) mass is 318 g/mol. The van der Waals surface area contributed by atoms with Crippen molar-refractivity contribution in [2.75, 3.05) is 11.9 Å². The van der Waals surface area contributed by atoms with Crippen LogP contribution in [0.5, 0.6) is 0 Å². The summed E-state index contributed by atoms with van der Waals surface area (Å²) in [5.74, 6) is -0.519. The van der Waals surface area contributed by atoms with Gasteiger partial charge in [0.25, 0.3) is 5.91 Å². The molecular formula is C16H18N2O3S. The lowest BCUT2D eigenvalue weighted by molar-refractivity contribution is -0.142. The van der Waals surface area contributed by atoms with Crippen LogP contribution in [0.15, 0.2) is 23.6 Å². The molecule has 116 valence electrons. The van der Waals surface area contributed by atoms with E-state index in [-0.39, 0.29) is 18.3 Å². The van der Waals surface area contributed by atoms with E-state index in [0.29, 0.717) is 23.0 Å². The summed E-state index contributed by atoms with van der Waals surface area (Å²) >= 11 is 1.29. The molecule has 22 heavy (non-hydrogen) atoms. The first kappa shape index (κ1) is 16.2. The van der Waals surface area contributed by atoms with Crippen molar-refractivity contribution < 1.29 is 14.3 Å². The van der Waals surface area contributed by atoms with Crippen LogP contribution in [-0.4, -0.2) is 23.5 Å². The fourth-order valence-electron chi connectivity index (χ4n) is 2.04. The van der Waals surface area contributed by atoms with Gasteiger partial charge in [-0.15, -0.1) is 11.3 Å². The lowest BCUT2D eigenvalue weighted by atomic mass is 10.1. The third-order valence-electron chi connectivity index (χ3n) is 3.03. The van der Waals surface area contributed by atoms with Gasteiger partial charge < -0.3 is 4.74 Å². The number of carbonyl (C=O) groups is 2. The molecule has 2 rings (SSSR count). The van der Waals surface area contributed by atoms with Crippen molar-refractivity contribution in [1.82, 2.24) is 4.98 Å². The van der Waals surface area contributed by atoms with Gasteiger partial charge in [0.1, 0.15) is 0 Å². The van der Waals surface area contributed by atoms with Gasteiger partial charge in [-0.1, -0.05) is 17.7 Å². The van der Waals surface area contributed by atoms with Crippen molar-refractivity contribution in [1.29, 1.82) is 0 Å². The van der Waals surface area contributed by atoms with Gasteiger partial charge in [-0.25, -0.2) is 4.98 Å². The summed E-state index contributed by atoms with van der Waals surface area (Å²) in [7, 11) is 0. The number of nitrogens with one attached hydrogen (secondary N) is 1. The summed E-state index contributed by atoms with van der Waals surface area (Å²) < 4.78 is 4.87. The highest BCUT2D eigenvalue weighted by atomic mass is 32.1. The fraction of sp³-hybridized carbons (Fsp3) is 0.312. The second-order valence-corrected chi connectivity index (χ2v) is 5.76. The predicted molar refractivity (Wildman–Crippen MR) is 86.3 cm³/mol. The SMILES string of the molecule is CCOC(=O)Cc1csc(NC(=O)c2ccc(C)cc2C)n1. The minimum atomic E-state index is -0.319. The van der Waals surface area contributed by atoms with Crippen LogP contribution < -0.4 is 5.32 Å². The number of rotatable bonds is 5. The van der Waals surface area contributed by atoms with Crippen LogP contribution in [0.4, 0.5) is 5.13 Å². The van der Waals surface area contributed by atoms with Crippen molar-refractivity contribution >= 4 is 28.3 Å². The number of amides is 1. The number of ether oxygens (including phenoxy) is 1. The molecule has 0 saturated carbocycles. The number of aromatic nitrogens is 1. The number of hydrogen-bond donors (Lipinski definition) is 1. The molecule has 0 radical (unpaired) electrons. The van der Waals surface area contributed by atoms with E-state index in [4.69, 9.17) is 4.74 Å². The van der Waals surface area contributed by atoms with Crippen LogP contribution in [0.2, 0.25) is 0 Å². The van der Waals surface area contributed by atoms with Crippen LogP contribution in [-0.2, 0) is 16.0 Å². The van der Waals surface area contributed by atoms with Gasteiger partial charge in [-0.2, -0.15) is 0 Å². The van der Waals surface area contributed by atoms with Crippen molar-refractivity contribution in [3.05, 3.63) is 46.0 Å². The highest BCUT2D eigenvalue weighted by Crippen LogP contribution is 2.18. The topological polar surface area (TPSA) is 68.3 Å². The summed E-state index contributed by atoms with van der Waals surface area (Å²) in [6.45, 7) is 5.99. The molecule has 0 aliphatic heterocycles. The molecule has 2 aromatic rings. The number of benzene rings is 1. The van der Waals surface area contributed by atoms with E-state index < -0.39 is 0 Å². The Balaban J connectivity index is 2.03. The molecule has 5 nitrogen and oxygen atoms in total. The highest BCUT2D eigenvalue weighted by Gasteiger charge is 2.13. The van der Waals surface area contributed by atoms with E-state index in [1.807, 2.05) is 26.0 Å².